The molecule has 0 aliphatic rings. The van der Waals surface area contributed by atoms with Crippen molar-refractivity contribution in [3.8, 4) is 0 Å². The van der Waals surface area contributed by atoms with Gasteiger partial charge >= 0.3 is 0 Å². The van der Waals surface area contributed by atoms with Gasteiger partial charge in [-0.25, -0.2) is 0 Å². The Morgan fingerprint density at radius 3 is 2.50 bits per heavy atom. The molecule has 0 saturated carbocycles. The Bertz CT molecular complexity index is 371. The van der Waals surface area contributed by atoms with Gasteiger partial charge in [0.15, 0.2) is 0 Å². The van der Waals surface area contributed by atoms with E-state index in [1.54, 1.807) is 0 Å². The molecule has 1 aromatic rings. The number of rotatable bonds is 6. The van der Waals surface area contributed by atoms with Gasteiger partial charge in [-0.2, -0.15) is 0 Å². The number of hydrogen-bond acceptors (Lipinski definition) is 2. The number of nitrogens with one attached hydrogen (secondary N) is 1. The maximum atomic E-state index is 11.6. The molecule has 18 heavy (non-hydrogen) atoms. The summed E-state index contributed by atoms with van der Waals surface area (Å²) in [6.45, 7) is 6.83. The average molecular weight is 248 g/mol. The minimum atomic E-state index is -0.0813. The molecule has 3 N–H and O–H groups in total. The van der Waals surface area contributed by atoms with Crippen molar-refractivity contribution in [2.75, 3.05) is 6.54 Å². The second-order valence-corrected chi connectivity index (χ2v) is 5.78. The largest absolute Gasteiger partial charge is 0.356 e. The van der Waals surface area contributed by atoms with Crippen LogP contribution in [0.25, 0.3) is 0 Å². The number of amides is 1. The predicted octanol–water partition coefficient (Wildman–Crippen LogP) is 2.11. The summed E-state index contributed by atoms with van der Waals surface area (Å²) >= 11 is 0. The Hall–Kier alpha value is -1.35. The summed E-state index contributed by atoms with van der Waals surface area (Å²) in [5.41, 5.74) is 6.94. The van der Waals surface area contributed by atoms with E-state index in [0.29, 0.717) is 13.0 Å². The molecule has 0 bridgehead atoms. The third-order valence-electron chi connectivity index (χ3n) is 2.80. The van der Waals surface area contributed by atoms with Gasteiger partial charge in [0, 0.05) is 19.0 Å². The smallest absolute Gasteiger partial charge is 0.221 e. The molecule has 1 amide bonds. The monoisotopic (exact) mass is 248 g/mol. The molecule has 0 fully saturated rings. The van der Waals surface area contributed by atoms with Gasteiger partial charge in [0.2, 0.25) is 5.91 Å². The zero-order chi connectivity index (χ0) is 13.6. The average Bonchev–Trinajstić information content (AvgIpc) is 2.26. The van der Waals surface area contributed by atoms with Crippen molar-refractivity contribution >= 4 is 5.91 Å². The first-order valence-electron chi connectivity index (χ1n) is 6.45. The first-order chi connectivity index (χ1) is 8.39. The van der Waals surface area contributed by atoms with Crippen LogP contribution in [0.1, 0.15) is 32.8 Å². The number of hydrogen-bond donors (Lipinski definition) is 2. The first-order valence-corrected chi connectivity index (χ1v) is 6.45. The maximum absolute atomic E-state index is 11.6. The van der Waals surface area contributed by atoms with Crippen LogP contribution in [-0.2, 0) is 11.2 Å². The molecule has 100 valence electrons. The third-order valence-corrected chi connectivity index (χ3v) is 2.80. The molecular weight excluding hydrogens is 224 g/mol. The summed E-state index contributed by atoms with van der Waals surface area (Å²) in [7, 11) is 0. The van der Waals surface area contributed by atoms with E-state index in [1.807, 2.05) is 25.1 Å². The summed E-state index contributed by atoms with van der Waals surface area (Å²) in [6.07, 6.45) is 1.34. The zero-order valence-corrected chi connectivity index (χ0v) is 11.6. The summed E-state index contributed by atoms with van der Waals surface area (Å²) < 4.78 is 0. The fourth-order valence-electron chi connectivity index (χ4n) is 1.91. The molecule has 0 spiro atoms. The van der Waals surface area contributed by atoms with Crippen molar-refractivity contribution in [2.45, 2.75) is 39.7 Å². The van der Waals surface area contributed by atoms with Gasteiger partial charge in [-0.1, -0.05) is 44.2 Å². The standard InChI is InChI=1S/C15H24N2O/c1-12(16)9-14(18)17-11-15(2,3)10-13-7-5-4-6-8-13/h4-8,12H,9-11,16H2,1-3H3,(H,17,18). The second-order valence-electron chi connectivity index (χ2n) is 5.78. The van der Waals surface area contributed by atoms with Gasteiger partial charge in [-0.3, -0.25) is 4.79 Å². The Labute approximate surface area is 110 Å². The van der Waals surface area contributed by atoms with Gasteiger partial charge in [0.1, 0.15) is 0 Å². The Morgan fingerprint density at radius 1 is 1.33 bits per heavy atom. The summed E-state index contributed by atoms with van der Waals surface area (Å²) in [5.74, 6) is 0.0335. The van der Waals surface area contributed by atoms with Crippen molar-refractivity contribution in [3.05, 3.63) is 35.9 Å². The predicted molar refractivity (Wildman–Crippen MR) is 75.2 cm³/mol. The fraction of sp³-hybridized carbons (Fsp3) is 0.533. The third kappa shape index (κ3) is 5.82. The Morgan fingerprint density at radius 2 is 1.94 bits per heavy atom. The molecule has 0 aliphatic heterocycles. The van der Waals surface area contributed by atoms with Gasteiger partial charge in [-0.15, -0.1) is 0 Å². The summed E-state index contributed by atoms with van der Waals surface area (Å²) in [4.78, 5) is 11.6. The lowest BCUT2D eigenvalue weighted by atomic mass is 9.85. The Kier molecular flexibility index (Phi) is 5.35. The molecule has 0 aliphatic carbocycles. The van der Waals surface area contributed by atoms with Crippen LogP contribution < -0.4 is 11.1 Å². The van der Waals surface area contributed by atoms with Gasteiger partial charge < -0.3 is 11.1 Å². The van der Waals surface area contributed by atoms with Gasteiger partial charge in [0.05, 0.1) is 0 Å². The molecule has 0 saturated heterocycles. The topological polar surface area (TPSA) is 55.1 Å². The van der Waals surface area contributed by atoms with Crippen LogP contribution in [0.3, 0.4) is 0 Å². The lowest BCUT2D eigenvalue weighted by Crippen LogP contribution is -2.37. The van der Waals surface area contributed by atoms with Crippen LogP contribution in [0, 0.1) is 5.41 Å². The minimum Gasteiger partial charge on any atom is -0.356 e. The van der Waals surface area contributed by atoms with Crippen LogP contribution in [0.2, 0.25) is 0 Å². The van der Waals surface area contributed by atoms with Crippen molar-refractivity contribution in [1.82, 2.24) is 5.32 Å². The van der Waals surface area contributed by atoms with Crippen molar-refractivity contribution in [3.63, 3.8) is 0 Å². The highest BCUT2D eigenvalue weighted by atomic mass is 16.1. The number of benzene rings is 1. The van der Waals surface area contributed by atoms with E-state index in [2.05, 4.69) is 31.3 Å². The lowest BCUT2D eigenvalue weighted by Gasteiger charge is -2.25. The van der Waals surface area contributed by atoms with Gasteiger partial charge in [0.25, 0.3) is 0 Å². The van der Waals surface area contributed by atoms with Crippen molar-refractivity contribution in [2.24, 2.45) is 11.1 Å². The molecule has 1 atom stereocenters. The van der Waals surface area contributed by atoms with E-state index in [9.17, 15) is 4.79 Å². The van der Waals surface area contributed by atoms with E-state index in [0.717, 1.165) is 6.42 Å². The summed E-state index contributed by atoms with van der Waals surface area (Å²) in [5, 5.41) is 2.96. The highest BCUT2D eigenvalue weighted by Crippen LogP contribution is 2.20. The molecule has 3 nitrogen and oxygen atoms in total. The van der Waals surface area contributed by atoms with E-state index in [4.69, 9.17) is 5.73 Å². The van der Waals surface area contributed by atoms with E-state index >= 15 is 0 Å². The van der Waals surface area contributed by atoms with E-state index in [1.165, 1.54) is 5.56 Å². The first kappa shape index (κ1) is 14.7. The normalized spacial score (nSPS) is 13.1. The molecule has 0 radical (unpaired) electrons. The van der Waals surface area contributed by atoms with Crippen LogP contribution >= 0.6 is 0 Å². The maximum Gasteiger partial charge on any atom is 0.221 e. The summed E-state index contributed by atoms with van der Waals surface area (Å²) in [6, 6.07) is 10.3. The number of nitrogens with two attached hydrogens (primary N) is 1. The van der Waals surface area contributed by atoms with E-state index in [-0.39, 0.29) is 17.4 Å². The number of carbonyl (C=O) groups excluding carboxylic acids is 1. The van der Waals surface area contributed by atoms with Crippen LogP contribution in [-0.4, -0.2) is 18.5 Å². The second kappa shape index (κ2) is 6.55. The molecule has 1 aromatic carbocycles. The van der Waals surface area contributed by atoms with Gasteiger partial charge in [-0.05, 0) is 24.3 Å². The highest BCUT2D eigenvalue weighted by Gasteiger charge is 2.19. The molecular formula is C15H24N2O. The van der Waals surface area contributed by atoms with Crippen LogP contribution in [0.5, 0.6) is 0 Å². The molecule has 1 rings (SSSR count). The quantitative estimate of drug-likeness (QED) is 0.810. The fourth-order valence-corrected chi connectivity index (χ4v) is 1.91. The molecule has 1 unspecified atom stereocenters. The van der Waals surface area contributed by atoms with E-state index < -0.39 is 0 Å². The molecule has 3 heteroatoms. The lowest BCUT2D eigenvalue weighted by molar-refractivity contribution is -0.121. The van der Waals surface area contributed by atoms with Crippen LogP contribution in [0.15, 0.2) is 30.3 Å². The minimum absolute atomic E-state index is 0.0335. The van der Waals surface area contributed by atoms with Crippen molar-refractivity contribution < 1.29 is 4.79 Å². The van der Waals surface area contributed by atoms with Crippen molar-refractivity contribution in [1.29, 1.82) is 0 Å². The zero-order valence-electron chi connectivity index (χ0n) is 11.6. The molecule has 0 heterocycles. The number of carbonyl (C=O) groups is 1. The van der Waals surface area contributed by atoms with Crippen LogP contribution in [0.4, 0.5) is 0 Å². The SMILES string of the molecule is CC(N)CC(=O)NCC(C)(C)Cc1ccccc1. The molecule has 0 aromatic heterocycles. The Balaban J connectivity index is 2.42. The highest BCUT2D eigenvalue weighted by molar-refractivity contribution is 5.76.